The van der Waals surface area contributed by atoms with Crippen molar-refractivity contribution in [1.82, 2.24) is 9.88 Å². The number of halogens is 1. The number of aryl methyl sites for hydroxylation is 1. The molecule has 4 rings (SSSR count). The first-order valence-corrected chi connectivity index (χ1v) is 9.25. The Balaban J connectivity index is 1.35. The summed E-state index contributed by atoms with van der Waals surface area (Å²) in [7, 11) is 0. The second kappa shape index (κ2) is 6.86. The largest absolute Gasteiger partial charge is 0.381 e. The second-order valence-corrected chi connectivity index (χ2v) is 7.52. The quantitative estimate of drug-likeness (QED) is 0.797. The van der Waals surface area contributed by atoms with Gasteiger partial charge in [0.05, 0.1) is 0 Å². The molecular weight excluding hydrogens is 291 g/mol. The molecule has 1 aromatic heterocycles. The maximum Gasteiger partial charge on any atom is 0.213 e. The fourth-order valence-electron chi connectivity index (χ4n) is 4.83. The minimum absolute atomic E-state index is 0.327. The van der Waals surface area contributed by atoms with Crippen molar-refractivity contribution >= 4 is 0 Å². The van der Waals surface area contributed by atoms with Crippen LogP contribution >= 0.6 is 0 Å². The van der Waals surface area contributed by atoms with E-state index in [0.717, 1.165) is 31.6 Å². The Hall–Kier alpha value is -1.00. The molecule has 4 heteroatoms. The summed E-state index contributed by atoms with van der Waals surface area (Å²) in [5.74, 6) is 1.06. The first-order chi connectivity index (χ1) is 11.3. The Labute approximate surface area is 138 Å². The first kappa shape index (κ1) is 15.5. The fourth-order valence-corrected chi connectivity index (χ4v) is 4.83. The van der Waals surface area contributed by atoms with Gasteiger partial charge in [-0.3, -0.25) is 0 Å². The Morgan fingerprint density at radius 3 is 3.13 bits per heavy atom. The molecule has 1 aliphatic carbocycles. The van der Waals surface area contributed by atoms with Crippen LogP contribution < -0.4 is 0 Å². The van der Waals surface area contributed by atoms with E-state index in [1.807, 2.05) is 0 Å². The van der Waals surface area contributed by atoms with Crippen LogP contribution in [0, 0.1) is 11.9 Å². The molecule has 23 heavy (non-hydrogen) atoms. The summed E-state index contributed by atoms with van der Waals surface area (Å²) in [6.45, 7) is 4.36. The molecule has 0 spiro atoms. The monoisotopic (exact) mass is 318 g/mol. The molecule has 1 aromatic rings. The van der Waals surface area contributed by atoms with Crippen LogP contribution in [0.4, 0.5) is 4.39 Å². The van der Waals surface area contributed by atoms with E-state index in [1.54, 1.807) is 12.3 Å². The lowest BCUT2D eigenvalue weighted by Gasteiger charge is -2.26. The molecule has 126 valence electrons. The SMILES string of the molecule is Fc1cc2c(cn1)C(C[C@@H]1CCN(C3CCCOCC3)C1)CC2. The third kappa shape index (κ3) is 3.43. The molecule has 3 atom stereocenters. The van der Waals surface area contributed by atoms with Crippen molar-refractivity contribution in [3.63, 3.8) is 0 Å². The predicted octanol–water partition coefficient (Wildman–Crippen LogP) is 3.53. The molecule has 0 aromatic carbocycles. The van der Waals surface area contributed by atoms with E-state index in [-0.39, 0.29) is 5.95 Å². The van der Waals surface area contributed by atoms with Crippen LogP contribution in [-0.4, -0.2) is 42.2 Å². The average Bonchev–Trinajstić information content (AvgIpc) is 3.07. The van der Waals surface area contributed by atoms with Crippen LogP contribution in [0.25, 0.3) is 0 Å². The van der Waals surface area contributed by atoms with Crippen molar-refractivity contribution in [3.8, 4) is 0 Å². The van der Waals surface area contributed by atoms with Crippen LogP contribution in [-0.2, 0) is 11.2 Å². The number of hydrogen-bond acceptors (Lipinski definition) is 3. The van der Waals surface area contributed by atoms with Gasteiger partial charge in [-0.05, 0) is 80.5 Å². The highest BCUT2D eigenvalue weighted by molar-refractivity contribution is 5.32. The molecule has 2 aliphatic heterocycles. The average molecular weight is 318 g/mol. The Morgan fingerprint density at radius 2 is 2.17 bits per heavy atom. The molecule has 0 amide bonds. The Morgan fingerprint density at radius 1 is 1.22 bits per heavy atom. The fraction of sp³-hybridized carbons (Fsp3) is 0.737. The molecular formula is C19H27FN2O. The lowest BCUT2D eigenvalue weighted by Crippen LogP contribution is -2.33. The smallest absolute Gasteiger partial charge is 0.213 e. The summed E-state index contributed by atoms with van der Waals surface area (Å²) < 4.78 is 18.9. The molecule has 0 saturated carbocycles. The molecule has 0 N–H and O–H groups in total. The highest BCUT2D eigenvalue weighted by Crippen LogP contribution is 2.39. The molecule has 2 fully saturated rings. The van der Waals surface area contributed by atoms with Gasteiger partial charge in [0.15, 0.2) is 0 Å². The number of rotatable bonds is 3. The highest BCUT2D eigenvalue weighted by atomic mass is 19.1. The van der Waals surface area contributed by atoms with E-state index in [1.165, 1.54) is 62.7 Å². The zero-order valence-corrected chi connectivity index (χ0v) is 13.8. The summed E-state index contributed by atoms with van der Waals surface area (Å²) in [6.07, 6.45) is 10.3. The van der Waals surface area contributed by atoms with Gasteiger partial charge in [-0.15, -0.1) is 0 Å². The maximum atomic E-state index is 13.3. The first-order valence-electron chi connectivity index (χ1n) is 9.25. The van der Waals surface area contributed by atoms with Crippen molar-refractivity contribution < 1.29 is 9.13 Å². The van der Waals surface area contributed by atoms with E-state index in [9.17, 15) is 4.39 Å². The normalized spacial score (nSPS) is 32.0. The Kier molecular flexibility index (Phi) is 4.63. The van der Waals surface area contributed by atoms with Crippen LogP contribution in [0.1, 0.15) is 55.6 Å². The molecule has 2 saturated heterocycles. The lowest BCUT2D eigenvalue weighted by atomic mass is 9.90. The number of ether oxygens (including phenoxy) is 1. The minimum atomic E-state index is -0.327. The number of nitrogens with zero attached hydrogens (tertiary/aromatic N) is 2. The minimum Gasteiger partial charge on any atom is -0.381 e. The van der Waals surface area contributed by atoms with Gasteiger partial charge in [-0.1, -0.05) is 0 Å². The van der Waals surface area contributed by atoms with Gasteiger partial charge in [0, 0.05) is 32.0 Å². The van der Waals surface area contributed by atoms with Crippen LogP contribution in [0.2, 0.25) is 0 Å². The lowest BCUT2D eigenvalue weighted by molar-refractivity contribution is 0.134. The van der Waals surface area contributed by atoms with Crippen LogP contribution in [0.15, 0.2) is 12.3 Å². The van der Waals surface area contributed by atoms with Gasteiger partial charge in [-0.25, -0.2) is 4.98 Å². The second-order valence-electron chi connectivity index (χ2n) is 7.52. The number of likely N-dealkylation sites (tertiary alicyclic amines) is 1. The van der Waals surface area contributed by atoms with Gasteiger partial charge in [-0.2, -0.15) is 4.39 Å². The van der Waals surface area contributed by atoms with Crippen molar-refractivity contribution in [2.24, 2.45) is 5.92 Å². The molecule has 0 bridgehead atoms. The number of fused-ring (bicyclic) bond motifs is 1. The van der Waals surface area contributed by atoms with E-state index in [2.05, 4.69) is 9.88 Å². The van der Waals surface area contributed by atoms with Crippen LogP contribution in [0.5, 0.6) is 0 Å². The highest BCUT2D eigenvalue weighted by Gasteiger charge is 2.32. The zero-order chi connectivity index (χ0) is 15.6. The van der Waals surface area contributed by atoms with E-state index < -0.39 is 0 Å². The van der Waals surface area contributed by atoms with Gasteiger partial charge >= 0.3 is 0 Å². The maximum absolute atomic E-state index is 13.3. The zero-order valence-electron chi connectivity index (χ0n) is 13.8. The number of pyridine rings is 1. The van der Waals surface area contributed by atoms with Gasteiger partial charge < -0.3 is 9.64 Å². The van der Waals surface area contributed by atoms with Crippen molar-refractivity contribution in [1.29, 1.82) is 0 Å². The standard InChI is InChI=1S/C19H27FN2O/c20-19-11-16-4-3-15(18(16)12-21-19)10-14-5-7-22(13-14)17-2-1-8-23-9-6-17/h11-12,14-15,17H,1-10,13H2/t14-,15?,17?/m0/s1. The molecule has 3 aliphatic rings. The van der Waals surface area contributed by atoms with E-state index in [0.29, 0.717) is 5.92 Å². The molecule has 0 radical (unpaired) electrons. The van der Waals surface area contributed by atoms with Gasteiger partial charge in [0.2, 0.25) is 5.95 Å². The number of aromatic nitrogens is 1. The summed E-state index contributed by atoms with van der Waals surface area (Å²) in [4.78, 5) is 6.59. The Bertz CT molecular complexity index is 542. The topological polar surface area (TPSA) is 25.4 Å². The third-order valence-electron chi connectivity index (χ3n) is 6.07. The number of hydrogen-bond donors (Lipinski definition) is 0. The third-order valence-corrected chi connectivity index (χ3v) is 6.07. The summed E-state index contributed by atoms with van der Waals surface area (Å²) in [6, 6.07) is 2.37. The van der Waals surface area contributed by atoms with Crippen LogP contribution in [0.3, 0.4) is 0 Å². The predicted molar refractivity (Wildman–Crippen MR) is 88.0 cm³/mol. The molecule has 3 heterocycles. The van der Waals surface area contributed by atoms with Crippen molar-refractivity contribution in [3.05, 3.63) is 29.3 Å². The van der Waals surface area contributed by atoms with E-state index in [4.69, 9.17) is 4.74 Å². The van der Waals surface area contributed by atoms with Crippen molar-refractivity contribution in [2.45, 2.75) is 56.9 Å². The van der Waals surface area contributed by atoms with Crippen molar-refractivity contribution in [2.75, 3.05) is 26.3 Å². The summed E-state index contributed by atoms with van der Waals surface area (Å²) in [5, 5.41) is 0. The van der Waals surface area contributed by atoms with Gasteiger partial charge in [0.1, 0.15) is 0 Å². The van der Waals surface area contributed by atoms with E-state index >= 15 is 0 Å². The summed E-state index contributed by atoms with van der Waals surface area (Å²) in [5.41, 5.74) is 2.51. The molecule has 3 nitrogen and oxygen atoms in total. The van der Waals surface area contributed by atoms with Gasteiger partial charge in [0.25, 0.3) is 0 Å². The summed E-state index contributed by atoms with van der Waals surface area (Å²) >= 11 is 0. The molecule has 2 unspecified atom stereocenters.